The predicted molar refractivity (Wildman–Crippen MR) is 52.4 cm³/mol. The monoisotopic (exact) mass is 195 g/mol. The fourth-order valence-electron chi connectivity index (χ4n) is 2.31. The lowest BCUT2D eigenvalue weighted by Crippen LogP contribution is -2.21. The van der Waals surface area contributed by atoms with Crippen LogP contribution in [0.2, 0.25) is 0 Å². The molecule has 5 nitrogen and oxygen atoms in total. The summed E-state index contributed by atoms with van der Waals surface area (Å²) in [4.78, 5) is 1.51. The lowest BCUT2D eigenvalue weighted by atomic mass is 9.85. The fourth-order valence-corrected chi connectivity index (χ4v) is 2.31. The molecule has 14 heavy (non-hydrogen) atoms. The second-order valence-corrected chi connectivity index (χ2v) is 4.69. The number of hydrogen-bond acceptors (Lipinski definition) is 4. The smallest absolute Gasteiger partial charge is 0.175 e. The first-order valence-corrected chi connectivity index (χ1v) is 5.06. The first kappa shape index (κ1) is 9.58. The van der Waals surface area contributed by atoms with Crippen molar-refractivity contribution < 1.29 is 0 Å². The molecule has 1 saturated carbocycles. The van der Waals surface area contributed by atoms with Crippen molar-refractivity contribution in [2.75, 3.05) is 0 Å². The number of aromatic nitrogens is 4. The van der Waals surface area contributed by atoms with Gasteiger partial charge in [-0.2, -0.15) is 4.80 Å². The molecule has 0 saturated heterocycles. The lowest BCUT2D eigenvalue weighted by Gasteiger charge is -2.21. The van der Waals surface area contributed by atoms with Gasteiger partial charge in [-0.1, -0.05) is 6.92 Å². The Balaban J connectivity index is 2.03. The van der Waals surface area contributed by atoms with E-state index in [0.717, 1.165) is 25.1 Å². The molecule has 5 heteroatoms. The highest BCUT2D eigenvalue weighted by Crippen LogP contribution is 2.38. The van der Waals surface area contributed by atoms with E-state index in [4.69, 9.17) is 5.73 Å². The summed E-state index contributed by atoms with van der Waals surface area (Å²) in [5, 5.41) is 12.0. The molecule has 2 N–H and O–H groups in total. The van der Waals surface area contributed by atoms with E-state index in [9.17, 15) is 0 Å². The molecule has 1 aliphatic rings. The van der Waals surface area contributed by atoms with Crippen LogP contribution in [-0.4, -0.2) is 26.2 Å². The largest absolute Gasteiger partial charge is 0.328 e. The van der Waals surface area contributed by atoms with Crippen LogP contribution < -0.4 is 5.73 Å². The van der Waals surface area contributed by atoms with E-state index in [1.54, 1.807) is 7.05 Å². The summed E-state index contributed by atoms with van der Waals surface area (Å²) in [6, 6.07) is 0.358. The fraction of sp³-hybridized carbons (Fsp3) is 0.889. The van der Waals surface area contributed by atoms with Crippen LogP contribution in [0.15, 0.2) is 0 Å². The molecule has 2 rings (SSSR count). The zero-order chi connectivity index (χ0) is 10.2. The van der Waals surface area contributed by atoms with Crippen molar-refractivity contribution in [3.05, 3.63) is 5.82 Å². The van der Waals surface area contributed by atoms with E-state index in [-0.39, 0.29) is 5.41 Å². The lowest BCUT2D eigenvalue weighted by molar-refractivity contribution is 0.322. The van der Waals surface area contributed by atoms with Crippen LogP contribution in [-0.2, 0) is 13.5 Å². The molecule has 2 atom stereocenters. The number of aryl methyl sites for hydroxylation is 1. The summed E-state index contributed by atoms with van der Waals surface area (Å²) in [5.41, 5.74) is 6.19. The number of nitrogens with zero attached hydrogens (tertiary/aromatic N) is 4. The van der Waals surface area contributed by atoms with Crippen molar-refractivity contribution in [2.24, 2.45) is 18.2 Å². The normalized spacial score (nSPS) is 32.4. The van der Waals surface area contributed by atoms with E-state index in [1.165, 1.54) is 11.2 Å². The van der Waals surface area contributed by atoms with E-state index >= 15 is 0 Å². The summed E-state index contributed by atoms with van der Waals surface area (Å²) in [6.07, 6.45) is 4.27. The Morgan fingerprint density at radius 2 is 2.43 bits per heavy atom. The van der Waals surface area contributed by atoms with Gasteiger partial charge in [-0.05, 0) is 29.9 Å². The van der Waals surface area contributed by atoms with Crippen molar-refractivity contribution in [1.29, 1.82) is 0 Å². The second-order valence-electron chi connectivity index (χ2n) is 4.69. The van der Waals surface area contributed by atoms with Gasteiger partial charge in [-0.3, -0.25) is 0 Å². The summed E-state index contributed by atoms with van der Waals surface area (Å²) in [6.45, 7) is 2.26. The molecule has 0 aliphatic heterocycles. The van der Waals surface area contributed by atoms with Crippen molar-refractivity contribution in [3.63, 3.8) is 0 Å². The van der Waals surface area contributed by atoms with E-state index < -0.39 is 0 Å². The molecule has 0 bridgehead atoms. The Kier molecular flexibility index (Phi) is 2.26. The van der Waals surface area contributed by atoms with E-state index in [2.05, 4.69) is 22.3 Å². The SMILES string of the molecule is Cn1nnc(CC2(C)CCC(N)C2)n1. The molecule has 1 aromatic heterocycles. The Hall–Kier alpha value is -0.970. The van der Waals surface area contributed by atoms with Gasteiger partial charge >= 0.3 is 0 Å². The molecule has 0 amide bonds. The highest BCUT2D eigenvalue weighted by molar-refractivity contribution is 4.94. The molecule has 1 fully saturated rings. The number of tetrazole rings is 1. The van der Waals surface area contributed by atoms with E-state index in [1.807, 2.05) is 0 Å². The van der Waals surface area contributed by atoms with Gasteiger partial charge in [0.2, 0.25) is 0 Å². The number of nitrogens with two attached hydrogens (primary N) is 1. The Morgan fingerprint density at radius 1 is 1.64 bits per heavy atom. The minimum Gasteiger partial charge on any atom is -0.328 e. The van der Waals surface area contributed by atoms with Gasteiger partial charge < -0.3 is 5.73 Å². The highest BCUT2D eigenvalue weighted by atomic mass is 15.6. The maximum absolute atomic E-state index is 5.91. The summed E-state index contributed by atoms with van der Waals surface area (Å²) >= 11 is 0. The topological polar surface area (TPSA) is 69.6 Å². The maximum Gasteiger partial charge on any atom is 0.175 e. The molecule has 78 valence electrons. The molecule has 1 aromatic rings. The molecule has 1 aliphatic carbocycles. The number of hydrogen-bond donors (Lipinski definition) is 1. The van der Waals surface area contributed by atoms with Crippen LogP contribution in [0, 0.1) is 5.41 Å². The third kappa shape index (κ3) is 1.92. The molecular formula is C9H17N5. The van der Waals surface area contributed by atoms with Crippen molar-refractivity contribution >= 4 is 0 Å². The standard InChI is InChI=1S/C9H17N5/c1-9(4-3-7(10)5-9)6-8-11-13-14(2)12-8/h7H,3-6,10H2,1-2H3. The average Bonchev–Trinajstić information content (AvgIpc) is 2.60. The van der Waals surface area contributed by atoms with Gasteiger partial charge in [0.15, 0.2) is 5.82 Å². The van der Waals surface area contributed by atoms with Gasteiger partial charge in [0.1, 0.15) is 0 Å². The molecule has 1 heterocycles. The van der Waals surface area contributed by atoms with Crippen LogP contribution in [0.1, 0.15) is 32.0 Å². The van der Waals surface area contributed by atoms with Crippen LogP contribution in [0.25, 0.3) is 0 Å². The van der Waals surface area contributed by atoms with Crippen LogP contribution in [0.3, 0.4) is 0 Å². The second kappa shape index (κ2) is 3.31. The zero-order valence-electron chi connectivity index (χ0n) is 8.77. The minimum atomic E-state index is 0.280. The molecule has 0 aromatic carbocycles. The Morgan fingerprint density at radius 3 is 2.93 bits per heavy atom. The van der Waals surface area contributed by atoms with Gasteiger partial charge in [-0.25, -0.2) is 0 Å². The van der Waals surface area contributed by atoms with Crippen molar-refractivity contribution in [2.45, 2.75) is 38.6 Å². The Labute approximate surface area is 83.7 Å². The predicted octanol–water partition coefficient (Wildman–Crippen LogP) is 0.270. The first-order valence-electron chi connectivity index (χ1n) is 5.06. The Bertz CT molecular complexity index is 321. The maximum atomic E-state index is 5.91. The van der Waals surface area contributed by atoms with E-state index in [0.29, 0.717) is 6.04 Å². The minimum absolute atomic E-state index is 0.280. The average molecular weight is 195 g/mol. The molecular weight excluding hydrogens is 178 g/mol. The quantitative estimate of drug-likeness (QED) is 0.735. The zero-order valence-corrected chi connectivity index (χ0v) is 8.77. The third-order valence-electron chi connectivity index (χ3n) is 3.01. The summed E-state index contributed by atoms with van der Waals surface area (Å²) in [7, 11) is 1.79. The summed E-state index contributed by atoms with van der Waals surface area (Å²) < 4.78 is 0. The van der Waals surface area contributed by atoms with Gasteiger partial charge in [0.25, 0.3) is 0 Å². The van der Waals surface area contributed by atoms with Crippen LogP contribution in [0.4, 0.5) is 0 Å². The van der Waals surface area contributed by atoms with Crippen LogP contribution in [0.5, 0.6) is 0 Å². The molecule has 0 radical (unpaired) electrons. The molecule has 2 unspecified atom stereocenters. The van der Waals surface area contributed by atoms with Gasteiger partial charge in [-0.15, -0.1) is 10.2 Å². The highest BCUT2D eigenvalue weighted by Gasteiger charge is 2.34. The van der Waals surface area contributed by atoms with Gasteiger partial charge in [0, 0.05) is 12.5 Å². The molecule has 0 spiro atoms. The van der Waals surface area contributed by atoms with Crippen molar-refractivity contribution in [1.82, 2.24) is 20.2 Å². The first-order chi connectivity index (χ1) is 6.57. The van der Waals surface area contributed by atoms with Crippen LogP contribution >= 0.6 is 0 Å². The third-order valence-corrected chi connectivity index (χ3v) is 3.01. The number of rotatable bonds is 2. The summed E-state index contributed by atoms with van der Waals surface area (Å²) in [5.74, 6) is 0.837. The van der Waals surface area contributed by atoms with Gasteiger partial charge in [0.05, 0.1) is 7.05 Å². The van der Waals surface area contributed by atoms with Crippen molar-refractivity contribution in [3.8, 4) is 0 Å².